The van der Waals surface area contributed by atoms with Gasteiger partial charge in [0, 0.05) is 30.4 Å². The number of hydrogen-bond donors (Lipinski definition) is 0. The monoisotopic (exact) mass is 335 g/mol. The van der Waals surface area contributed by atoms with E-state index >= 15 is 0 Å². The molecule has 0 aliphatic rings. The van der Waals surface area contributed by atoms with Crippen molar-refractivity contribution < 1.29 is 4.39 Å². The number of rotatable bonds is 3. The minimum atomic E-state index is -0.385. The maximum absolute atomic E-state index is 13.3. The van der Waals surface area contributed by atoms with Crippen molar-refractivity contribution in [2.75, 3.05) is 0 Å². The summed E-state index contributed by atoms with van der Waals surface area (Å²) in [5, 5.41) is 0.690. The van der Waals surface area contributed by atoms with Crippen LogP contribution in [0.3, 0.4) is 0 Å². The molecule has 0 bridgehead atoms. The molecule has 4 rings (SSSR count). The van der Waals surface area contributed by atoms with Crippen molar-refractivity contribution in [2.45, 2.75) is 0 Å². The van der Waals surface area contributed by atoms with E-state index in [0.29, 0.717) is 22.1 Å². The molecule has 0 fully saturated rings. The molecule has 0 amide bonds. The fourth-order valence-electron chi connectivity index (χ4n) is 2.17. The van der Waals surface area contributed by atoms with E-state index in [1.54, 1.807) is 24.8 Å². The predicted molar refractivity (Wildman–Crippen MR) is 89.6 cm³/mol. The van der Waals surface area contributed by atoms with Crippen molar-refractivity contribution in [1.29, 1.82) is 0 Å². The van der Waals surface area contributed by atoms with Crippen LogP contribution in [0.25, 0.3) is 32.7 Å². The van der Waals surface area contributed by atoms with Crippen LogP contribution in [-0.4, -0.2) is 24.9 Å². The molecule has 4 heterocycles. The molecule has 4 aromatic heterocycles. The highest BCUT2D eigenvalue weighted by Gasteiger charge is 2.10. The van der Waals surface area contributed by atoms with Crippen LogP contribution in [0.4, 0.5) is 4.39 Å². The van der Waals surface area contributed by atoms with Crippen LogP contribution in [0.1, 0.15) is 0 Å². The number of aromatic nitrogens is 5. The molecule has 116 valence electrons. The smallest absolute Gasteiger partial charge is 0.178 e. The van der Waals surface area contributed by atoms with Gasteiger partial charge in [-0.3, -0.25) is 9.97 Å². The predicted octanol–water partition coefficient (Wildman–Crippen LogP) is 3.86. The maximum Gasteiger partial charge on any atom is 0.178 e. The van der Waals surface area contributed by atoms with E-state index in [2.05, 4.69) is 24.9 Å². The van der Waals surface area contributed by atoms with E-state index in [4.69, 9.17) is 0 Å². The van der Waals surface area contributed by atoms with Gasteiger partial charge in [0.2, 0.25) is 0 Å². The summed E-state index contributed by atoms with van der Waals surface area (Å²) in [7, 11) is 0. The highest BCUT2D eigenvalue weighted by molar-refractivity contribution is 7.18. The molecule has 0 N–H and O–H groups in total. The van der Waals surface area contributed by atoms with Gasteiger partial charge in [0.05, 0.1) is 16.8 Å². The molecule has 0 saturated carbocycles. The topological polar surface area (TPSA) is 64.5 Å². The van der Waals surface area contributed by atoms with E-state index in [9.17, 15) is 4.39 Å². The fourth-order valence-corrected chi connectivity index (χ4v) is 3.04. The second-order valence-corrected chi connectivity index (χ2v) is 5.93. The number of thiazole rings is 1. The van der Waals surface area contributed by atoms with E-state index in [1.807, 2.05) is 24.3 Å². The lowest BCUT2D eigenvalue weighted by molar-refractivity contribution is 0.622. The first-order valence-corrected chi connectivity index (χ1v) is 7.93. The lowest BCUT2D eigenvalue weighted by atomic mass is 10.3. The molecule has 0 atom stereocenters. The van der Waals surface area contributed by atoms with Crippen LogP contribution in [0.15, 0.2) is 61.3 Å². The molecule has 24 heavy (non-hydrogen) atoms. The van der Waals surface area contributed by atoms with E-state index in [1.165, 1.54) is 23.6 Å². The van der Waals surface area contributed by atoms with Crippen LogP contribution in [-0.2, 0) is 0 Å². The fraction of sp³-hybridized carbons (Fsp3) is 0. The molecular weight excluding hydrogens is 325 g/mol. The van der Waals surface area contributed by atoms with Crippen LogP contribution in [0, 0.1) is 5.82 Å². The summed E-state index contributed by atoms with van der Waals surface area (Å²) in [6.45, 7) is 0. The van der Waals surface area contributed by atoms with E-state index in [-0.39, 0.29) is 5.82 Å². The van der Waals surface area contributed by atoms with Gasteiger partial charge in [0.15, 0.2) is 5.82 Å². The minimum Gasteiger partial charge on any atom is -0.261 e. The Morgan fingerprint density at radius 1 is 0.875 bits per heavy atom. The van der Waals surface area contributed by atoms with Crippen molar-refractivity contribution in [3.05, 3.63) is 67.1 Å². The van der Waals surface area contributed by atoms with Crippen LogP contribution in [0.5, 0.6) is 0 Å². The average Bonchev–Trinajstić information content (AvgIpc) is 3.13. The first-order chi connectivity index (χ1) is 11.8. The Morgan fingerprint density at radius 3 is 2.67 bits per heavy atom. The van der Waals surface area contributed by atoms with Gasteiger partial charge >= 0.3 is 0 Å². The van der Waals surface area contributed by atoms with Crippen molar-refractivity contribution in [1.82, 2.24) is 24.9 Å². The summed E-state index contributed by atoms with van der Waals surface area (Å²) in [5.41, 5.74) is 2.10. The largest absolute Gasteiger partial charge is 0.261 e. The Hall–Kier alpha value is -3.06. The van der Waals surface area contributed by atoms with Gasteiger partial charge in [0.1, 0.15) is 16.5 Å². The van der Waals surface area contributed by atoms with Crippen molar-refractivity contribution >= 4 is 11.3 Å². The Labute approximate surface area is 141 Å². The maximum atomic E-state index is 13.3. The second-order valence-electron chi connectivity index (χ2n) is 4.90. The number of hydrogen-bond acceptors (Lipinski definition) is 6. The quantitative estimate of drug-likeness (QED) is 0.569. The molecule has 0 aliphatic carbocycles. The molecule has 5 nitrogen and oxygen atoms in total. The lowest BCUT2D eigenvalue weighted by Gasteiger charge is -2.01. The first-order valence-electron chi connectivity index (χ1n) is 7.11. The Balaban J connectivity index is 1.70. The molecule has 0 aromatic carbocycles. The Kier molecular flexibility index (Phi) is 3.76. The summed E-state index contributed by atoms with van der Waals surface area (Å²) in [5.74, 6) is 0.166. The van der Waals surface area contributed by atoms with Crippen molar-refractivity contribution in [3.63, 3.8) is 0 Å². The van der Waals surface area contributed by atoms with Gasteiger partial charge in [-0.25, -0.2) is 19.3 Å². The summed E-state index contributed by atoms with van der Waals surface area (Å²) < 4.78 is 13.3. The Bertz CT molecular complexity index is 987. The molecule has 0 spiro atoms. The lowest BCUT2D eigenvalue weighted by Crippen LogP contribution is -1.92. The van der Waals surface area contributed by atoms with Gasteiger partial charge in [0.25, 0.3) is 0 Å². The number of halogens is 1. The van der Waals surface area contributed by atoms with Gasteiger partial charge in [-0.05, 0) is 24.3 Å². The zero-order chi connectivity index (χ0) is 16.4. The van der Waals surface area contributed by atoms with Crippen molar-refractivity contribution in [2.24, 2.45) is 0 Å². The minimum absolute atomic E-state index is 0.385. The Morgan fingerprint density at radius 2 is 1.83 bits per heavy atom. The standard InChI is InChI=1S/C17H10FN5S/c18-12-7-11(8-19-9-12)17-22-10-15(24-17)13-4-6-21-16(23-13)14-3-1-2-5-20-14/h1-10H. The number of nitrogens with zero attached hydrogens (tertiary/aromatic N) is 5. The highest BCUT2D eigenvalue weighted by Crippen LogP contribution is 2.31. The highest BCUT2D eigenvalue weighted by atomic mass is 32.1. The molecule has 0 radical (unpaired) electrons. The second kappa shape index (κ2) is 6.21. The SMILES string of the molecule is Fc1cncc(-c2ncc(-c3ccnc(-c4ccccn4)n3)s2)c1. The summed E-state index contributed by atoms with van der Waals surface area (Å²) in [4.78, 5) is 22.1. The van der Waals surface area contributed by atoms with Crippen molar-refractivity contribution in [3.8, 4) is 32.7 Å². The summed E-state index contributed by atoms with van der Waals surface area (Å²) in [6, 6.07) is 8.81. The first kappa shape index (κ1) is 14.5. The molecule has 0 aliphatic heterocycles. The third-order valence-electron chi connectivity index (χ3n) is 3.26. The zero-order valence-corrected chi connectivity index (χ0v) is 13.1. The van der Waals surface area contributed by atoms with E-state index < -0.39 is 0 Å². The molecule has 7 heteroatoms. The van der Waals surface area contributed by atoms with Gasteiger partial charge in [-0.2, -0.15) is 0 Å². The number of pyridine rings is 2. The third kappa shape index (κ3) is 2.89. The van der Waals surface area contributed by atoms with Gasteiger partial charge in [-0.15, -0.1) is 11.3 Å². The summed E-state index contributed by atoms with van der Waals surface area (Å²) in [6.07, 6.45) is 7.87. The van der Waals surface area contributed by atoms with Gasteiger partial charge in [-0.1, -0.05) is 6.07 Å². The van der Waals surface area contributed by atoms with Crippen LogP contribution < -0.4 is 0 Å². The zero-order valence-electron chi connectivity index (χ0n) is 12.3. The molecule has 4 aromatic rings. The third-order valence-corrected chi connectivity index (χ3v) is 4.33. The average molecular weight is 335 g/mol. The van der Waals surface area contributed by atoms with Crippen LogP contribution >= 0.6 is 11.3 Å². The molecule has 0 saturated heterocycles. The molecule has 0 unspecified atom stereocenters. The van der Waals surface area contributed by atoms with Crippen LogP contribution in [0.2, 0.25) is 0 Å². The summed E-state index contributed by atoms with van der Waals surface area (Å²) >= 11 is 1.42. The van der Waals surface area contributed by atoms with Gasteiger partial charge < -0.3 is 0 Å². The normalized spacial score (nSPS) is 10.7. The van der Waals surface area contributed by atoms with E-state index in [0.717, 1.165) is 10.6 Å². The molecular formula is C17H10FN5S.